The lowest BCUT2D eigenvalue weighted by atomic mass is 10.0. The number of ether oxygens (including phenoxy) is 2. The fraction of sp³-hybridized carbons (Fsp3) is 0.0476. The molecule has 4 rings (SSSR count). The van der Waals surface area contributed by atoms with Gasteiger partial charge in [0.05, 0.1) is 22.3 Å². The van der Waals surface area contributed by atoms with Gasteiger partial charge in [-0.2, -0.15) is 0 Å². The van der Waals surface area contributed by atoms with E-state index in [-0.39, 0.29) is 17.0 Å². The second-order valence-electron chi connectivity index (χ2n) is 6.18. The number of rotatable bonds is 5. The van der Waals surface area contributed by atoms with Crippen molar-refractivity contribution in [2.75, 3.05) is 7.11 Å². The van der Waals surface area contributed by atoms with Crippen LogP contribution in [0.1, 0.15) is 10.4 Å². The molecule has 0 radical (unpaired) electrons. The van der Waals surface area contributed by atoms with Crippen molar-refractivity contribution in [3.05, 3.63) is 86.1 Å². The lowest BCUT2D eigenvalue weighted by Gasteiger charge is -2.09. The summed E-state index contributed by atoms with van der Waals surface area (Å²) in [4.78, 5) is 34.0. The summed E-state index contributed by atoms with van der Waals surface area (Å²) in [6, 6.07) is 15.4. The van der Waals surface area contributed by atoms with Crippen LogP contribution in [0.25, 0.3) is 21.4 Å². The molecule has 1 heterocycles. The van der Waals surface area contributed by atoms with Crippen LogP contribution in [-0.2, 0) is 0 Å². The third-order valence-corrected chi connectivity index (χ3v) is 5.09. The molecule has 3 aromatic carbocycles. The van der Waals surface area contributed by atoms with Crippen molar-refractivity contribution < 1.29 is 23.6 Å². The van der Waals surface area contributed by atoms with Crippen molar-refractivity contribution in [3.8, 4) is 22.6 Å². The Hall–Kier alpha value is -3.98. The van der Waals surface area contributed by atoms with E-state index in [4.69, 9.17) is 13.9 Å². The molecule has 0 aliphatic carbocycles. The molecule has 150 valence electrons. The first-order valence-corrected chi connectivity index (χ1v) is 9.45. The number of nitro benzene ring substituents is 1. The van der Waals surface area contributed by atoms with E-state index in [9.17, 15) is 19.7 Å². The van der Waals surface area contributed by atoms with Crippen LogP contribution in [0.15, 0.2) is 69.9 Å². The van der Waals surface area contributed by atoms with Gasteiger partial charge in [-0.1, -0.05) is 23.5 Å². The van der Waals surface area contributed by atoms with Gasteiger partial charge in [0, 0.05) is 23.8 Å². The van der Waals surface area contributed by atoms with Crippen LogP contribution in [0.3, 0.4) is 0 Å². The number of nitrogens with zero attached hydrogens (tertiary/aromatic N) is 1. The van der Waals surface area contributed by atoms with Crippen molar-refractivity contribution in [2.24, 2.45) is 0 Å². The summed E-state index contributed by atoms with van der Waals surface area (Å²) >= 11 is 0.893. The van der Waals surface area contributed by atoms with Crippen molar-refractivity contribution in [1.82, 2.24) is 0 Å². The molecule has 0 unspecified atom stereocenters. The molecule has 0 bridgehead atoms. The molecule has 1 aromatic heterocycles. The number of nitro groups is 1. The number of hydrogen-bond donors (Lipinski definition) is 0. The van der Waals surface area contributed by atoms with Crippen LogP contribution in [0.5, 0.6) is 11.5 Å². The highest BCUT2D eigenvalue weighted by atomic mass is 32.1. The summed E-state index contributed by atoms with van der Waals surface area (Å²) in [5.41, 5.74) is 1.69. The second-order valence-corrected chi connectivity index (χ2v) is 7.15. The van der Waals surface area contributed by atoms with Gasteiger partial charge in [-0.05, 0) is 35.9 Å². The van der Waals surface area contributed by atoms with E-state index >= 15 is 0 Å². The molecule has 9 heteroatoms. The van der Waals surface area contributed by atoms with E-state index in [0.717, 1.165) is 11.3 Å². The van der Waals surface area contributed by atoms with Crippen LogP contribution in [0.2, 0.25) is 0 Å². The third-order valence-electron chi connectivity index (χ3n) is 4.31. The molecule has 4 aromatic rings. The molecule has 0 N–H and O–H groups in total. The zero-order valence-corrected chi connectivity index (χ0v) is 16.3. The van der Waals surface area contributed by atoms with E-state index in [1.165, 1.54) is 30.3 Å². The molecular formula is C21H13NO7S. The Labute approximate surface area is 173 Å². The number of fused-ring (bicyclic) bond motifs is 1. The van der Waals surface area contributed by atoms with Gasteiger partial charge in [0.25, 0.3) is 5.69 Å². The van der Waals surface area contributed by atoms with Crippen LogP contribution >= 0.6 is 11.3 Å². The molecule has 0 aliphatic rings. The topological polar surface area (TPSA) is 109 Å². The lowest BCUT2D eigenvalue weighted by Crippen LogP contribution is -2.08. The molecular weight excluding hydrogens is 410 g/mol. The van der Waals surface area contributed by atoms with Crippen LogP contribution in [0.4, 0.5) is 5.69 Å². The number of non-ortho nitro benzene ring substituents is 1. The van der Waals surface area contributed by atoms with Gasteiger partial charge in [-0.15, -0.1) is 0 Å². The van der Waals surface area contributed by atoms with Gasteiger partial charge >= 0.3 is 10.9 Å². The average molecular weight is 423 g/mol. The Bertz CT molecular complexity index is 1320. The Balaban J connectivity index is 1.73. The van der Waals surface area contributed by atoms with Gasteiger partial charge in [-0.25, -0.2) is 9.59 Å². The number of carbonyl (C=O) groups is 1. The standard InChI is InChI=1S/C21H13NO7S/c1-27-15-4-2-3-13(9-15)17-10-16(11-18-19(17)29-21(24)30-18)28-20(23)12-5-7-14(8-6-12)22(25)26/h2-11H,1H3. The minimum atomic E-state index is -0.684. The first-order valence-electron chi connectivity index (χ1n) is 8.63. The highest BCUT2D eigenvalue weighted by molar-refractivity contribution is 7.16. The maximum Gasteiger partial charge on any atom is 0.396 e. The second kappa shape index (κ2) is 7.80. The van der Waals surface area contributed by atoms with Crippen molar-refractivity contribution >= 4 is 33.3 Å². The molecule has 0 fully saturated rings. The van der Waals surface area contributed by atoms with Gasteiger partial charge in [-0.3, -0.25) is 10.1 Å². The van der Waals surface area contributed by atoms with Crippen molar-refractivity contribution in [2.45, 2.75) is 0 Å². The summed E-state index contributed by atoms with van der Waals surface area (Å²) in [6.07, 6.45) is 0. The van der Waals surface area contributed by atoms with E-state index in [0.29, 0.717) is 27.2 Å². The summed E-state index contributed by atoms with van der Waals surface area (Å²) in [6.45, 7) is 0. The Morgan fingerprint density at radius 1 is 1.07 bits per heavy atom. The molecule has 0 aliphatic heterocycles. The monoisotopic (exact) mass is 423 g/mol. The summed E-state index contributed by atoms with van der Waals surface area (Å²) < 4.78 is 16.6. The SMILES string of the molecule is COc1cccc(-c2cc(OC(=O)c3ccc([N+](=O)[O-])cc3)cc3sc(=O)oc23)c1. The summed E-state index contributed by atoms with van der Waals surface area (Å²) in [5, 5.41) is 10.8. The fourth-order valence-corrected chi connectivity index (χ4v) is 3.63. The zero-order valence-electron chi connectivity index (χ0n) is 15.5. The molecule has 30 heavy (non-hydrogen) atoms. The Morgan fingerprint density at radius 3 is 2.53 bits per heavy atom. The maximum absolute atomic E-state index is 12.5. The quantitative estimate of drug-likeness (QED) is 0.199. The van der Waals surface area contributed by atoms with Crippen LogP contribution in [-0.4, -0.2) is 18.0 Å². The Morgan fingerprint density at radius 2 is 1.83 bits per heavy atom. The van der Waals surface area contributed by atoms with E-state index in [2.05, 4.69) is 0 Å². The van der Waals surface area contributed by atoms with E-state index in [1.807, 2.05) is 6.07 Å². The largest absolute Gasteiger partial charge is 0.497 e. The molecule has 0 spiro atoms. The van der Waals surface area contributed by atoms with Gasteiger partial charge in [0.1, 0.15) is 11.5 Å². The van der Waals surface area contributed by atoms with Crippen LogP contribution < -0.4 is 14.4 Å². The van der Waals surface area contributed by atoms with Gasteiger partial charge < -0.3 is 13.9 Å². The minimum Gasteiger partial charge on any atom is -0.497 e. The number of carbonyl (C=O) groups excluding carboxylic acids is 1. The predicted molar refractivity (Wildman–Crippen MR) is 110 cm³/mol. The molecule has 0 amide bonds. The highest BCUT2D eigenvalue weighted by Crippen LogP contribution is 2.36. The van der Waals surface area contributed by atoms with E-state index in [1.54, 1.807) is 31.4 Å². The third kappa shape index (κ3) is 3.78. The molecule has 0 saturated carbocycles. The maximum atomic E-state index is 12.5. The smallest absolute Gasteiger partial charge is 0.396 e. The predicted octanol–water partition coefficient (Wildman–Crippen LogP) is 4.66. The zero-order chi connectivity index (χ0) is 21.3. The van der Waals surface area contributed by atoms with Crippen molar-refractivity contribution in [3.63, 3.8) is 0 Å². The number of benzene rings is 3. The highest BCUT2D eigenvalue weighted by Gasteiger charge is 2.17. The summed E-state index contributed by atoms with van der Waals surface area (Å²) in [7, 11) is 1.54. The molecule has 0 saturated heterocycles. The first kappa shape index (κ1) is 19.3. The Kier molecular flexibility index (Phi) is 5.03. The molecule has 8 nitrogen and oxygen atoms in total. The van der Waals surface area contributed by atoms with E-state index < -0.39 is 15.8 Å². The fourth-order valence-electron chi connectivity index (χ4n) is 2.90. The number of esters is 1. The molecule has 0 atom stereocenters. The minimum absolute atomic E-state index is 0.128. The normalized spacial score (nSPS) is 10.7. The van der Waals surface area contributed by atoms with Gasteiger partial charge in [0.15, 0.2) is 5.58 Å². The van der Waals surface area contributed by atoms with Crippen molar-refractivity contribution in [1.29, 1.82) is 0 Å². The average Bonchev–Trinajstić information content (AvgIpc) is 3.13. The lowest BCUT2D eigenvalue weighted by molar-refractivity contribution is -0.384. The summed E-state index contributed by atoms with van der Waals surface area (Å²) in [5.74, 6) is 0.143. The first-order chi connectivity index (χ1) is 14.4. The van der Waals surface area contributed by atoms with Crippen LogP contribution in [0, 0.1) is 10.1 Å². The number of methoxy groups -OCH3 is 1. The number of hydrogen-bond acceptors (Lipinski definition) is 8. The van der Waals surface area contributed by atoms with Gasteiger partial charge in [0.2, 0.25) is 0 Å².